The van der Waals surface area contributed by atoms with Gasteiger partial charge in [-0.1, -0.05) is 30.3 Å². The highest BCUT2D eigenvalue weighted by Gasteiger charge is 2.15. The third kappa shape index (κ3) is 3.05. The van der Waals surface area contributed by atoms with Gasteiger partial charge in [-0.3, -0.25) is 4.68 Å². The normalized spacial score (nSPS) is 16.4. The Morgan fingerprint density at radius 1 is 1.25 bits per heavy atom. The van der Waals surface area contributed by atoms with Crippen molar-refractivity contribution in [3.8, 4) is 11.4 Å². The van der Waals surface area contributed by atoms with E-state index in [4.69, 9.17) is 4.74 Å². The number of rotatable bonds is 4. The van der Waals surface area contributed by atoms with Gasteiger partial charge in [0.25, 0.3) is 0 Å². The summed E-state index contributed by atoms with van der Waals surface area (Å²) in [4.78, 5) is 4.58. The number of hydrogen-bond donors (Lipinski definition) is 1. The summed E-state index contributed by atoms with van der Waals surface area (Å²) >= 11 is 0. The molecule has 0 bridgehead atoms. The molecule has 20 heavy (non-hydrogen) atoms. The summed E-state index contributed by atoms with van der Waals surface area (Å²) < 4.78 is 7.74. The van der Waals surface area contributed by atoms with E-state index in [1.54, 1.807) is 0 Å². The van der Waals surface area contributed by atoms with Gasteiger partial charge in [0.05, 0.1) is 6.10 Å². The summed E-state index contributed by atoms with van der Waals surface area (Å²) in [6.45, 7) is 2.61. The summed E-state index contributed by atoms with van der Waals surface area (Å²) in [6.07, 6.45) is 2.49. The first-order valence-electron chi connectivity index (χ1n) is 7.10. The van der Waals surface area contributed by atoms with E-state index in [-0.39, 0.29) is 0 Å². The fraction of sp³-hybridized carbons (Fsp3) is 0.467. The highest BCUT2D eigenvalue weighted by molar-refractivity contribution is 5.53. The largest absolute Gasteiger partial charge is 0.370 e. The molecule has 3 rings (SSSR count). The predicted octanol–water partition coefficient (Wildman–Crippen LogP) is 1.75. The molecule has 5 heteroatoms. The number of hydrogen-bond acceptors (Lipinski definition) is 4. The van der Waals surface area contributed by atoms with Crippen LogP contribution in [-0.4, -0.2) is 34.0 Å². The first kappa shape index (κ1) is 13.3. The second-order valence-electron chi connectivity index (χ2n) is 5.10. The molecule has 0 unspecified atom stereocenters. The maximum absolute atomic E-state index is 5.94. The Morgan fingerprint density at radius 3 is 2.75 bits per heavy atom. The third-order valence-corrected chi connectivity index (χ3v) is 3.62. The van der Waals surface area contributed by atoms with Gasteiger partial charge >= 0.3 is 0 Å². The SMILES string of the molecule is Cn1nc(-c2ccccc2)nc1COC1CCNCC1. The Kier molecular flexibility index (Phi) is 4.08. The van der Waals surface area contributed by atoms with E-state index in [2.05, 4.69) is 15.4 Å². The fourth-order valence-corrected chi connectivity index (χ4v) is 2.41. The van der Waals surface area contributed by atoms with Crippen molar-refractivity contribution in [1.82, 2.24) is 20.1 Å². The van der Waals surface area contributed by atoms with Crippen molar-refractivity contribution in [3.05, 3.63) is 36.2 Å². The van der Waals surface area contributed by atoms with Gasteiger partial charge in [0, 0.05) is 12.6 Å². The third-order valence-electron chi connectivity index (χ3n) is 3.62. The van der Waals surface area contributed by atoms with Crippen molar-refractivity contribution in [1.29, 1.82) is 0 Å². The van der Waals surface area contributed by atoms with Crippen LogP contribution in [0.15, 0.2) is 30.3 Å². The zero-order chi connectivity index (χ0) is 13.8. The summed E-state index contributed by atoms with van der Waals surface area (Å²) in [7, 11) is 1.92. The van der Waals surface area contributed by atoms with Gasteiger partial charge in [0.15, 0.2) is 11.6 Å². The van der Waals surface area contributed by atoms with Crippen LogP contribution in [0.4, 0.5) is 0 Å². The molecule has 1 aliphatic rings. The van der Waals surface area contributed by atoms with E-state index < -0.39 is 0 Å². The molecule has 106 valence electrons. The van der Waals surface area contributed by atoms with Gasteiger partial charge in [-0.05, 0) is 25.9 Å². The number of nitrogens with one attached hydrogen (secondary N) is 1. The first-order valence-corrected chi connectivity index (χ1v) is 7.10. The van der Waals surface area contributed by atoms with Crippen LogP contribution in [0.2, 0.25) is 0 Å². The van der Waals surface area contributed by atoms with Gasteiger partial charge < -0.3 is 10.1 Å². The van der Waals surface area contributed by atoms with Gasteiger partial charge in [-0.2, -0.15) is 5.10 Å². The van der Waals surface area contributed by atoms with Crippen LogP contribution < -0.4 is 5.32 Å². The zero-order valence-corrected chi connectivity index (χ0v) is 11.7. The van der Waals surface area contributed by atoms with Crippen molar-refractivity contribution < 1.29 is 4.74 Å². The van der Waals surface area contributed by atoms with E-state index in [0.29, 0.717) is 12.7 Å². The number of nitrogens with zero attached hydrogens (tertiary/aromatic N) is 3. The summed E-state index contributed by atoms with van der Waals surface area (Å²) in [5, 5.41) is 7.79. The van der Waals surface area contributed by atoms with E-state index in [9.17, 15) is 0 Å². The number of aryl methyl sites for hydroxylation is 1. The fourth-order valence-electron chi connectivity index (χ4n) is 2.41. The molecular weight excluding hydrogens is 252 g/mol. The lowest BCUT2D eigenvalue weighted by Gasteiger charge is -2.22. The Labute approximate surface area is 119 Å². The molecule has 0 aliphatic carbocycles. The Morgan fingerprint density at radius 2 is 2.00 bits per heavy atom. The quantitative estimate of drug-likeness (QED) is 0.921. The molecule has 1 aromatic carbocycles. The molecule has 0 saturated carbocycles. The van der Waals surface area contributed by atoms with Gasteiger partial charge in [0.1, 0.15) is 6.61 Å². The standard InChI is InChI=1S/C15H20N4O/c1-19-14(11-20-13-7-9-16-10-8-13)17-15(18-19)12-5-3-2-4-6-12/h2-6,13,16H,7-11H2,1H3. The molecule has 1 saturated heterocycles. The average molecular weight is 272 g/mol. The van der Waals surface area contributed by atoms with Crippen LogP contribution in [0, 0.1) is 0 Å². The lowest BCUT2D eigenvalue weighted by Crippen LogP contribution is -2.32. The lowest BCUT2D eigenvalue weighted by atomic mass is 10.1. The van der Waals surface area contributed by atoms with E-state index in [0.717, 1.165) is 43.1 Å². The molecule has 1 aliphatic heterocycles. The summed E-state index contributed by atoms with van der Waals surface area (Å²) in [5.74, 6) is 1.64. The molecule has 0 spiro atoms. The van der Waals surface area contributed by atoms with E-state index in [1.165, 1.54) is 0 Å². The summed E-state index contributed by atoms with van der Waals surface area (Å²) in [5.41, 5.74) is 1.04. The zero-order valence-electron chi connectivity index (χ0n) is 11.7. The first-order chi connectivity index (χ1) is 9.83. The van der Waals surface area contributed by atoms with Crippen molar-refractivity contribution in [2.75, 3.05) is 13.1 Å². The molecule has 0 atom stereocenters. The number of aromatic nitrogens is 3. The minimum atomic E-state index is 0.341. The lowest BCUT2D eigenvalue weighted by molar-refractivity contribution is 0.0165. The van der Waals surface area contributed by atoms with Crippen LogP contribution in [0.5, 0.6) is 0 Å². The second-order valence-corrected chi connectivity index (χ2v) is 5.10. The van der Waals surface area contributed by atoms with Gasteiger partial charge in [0.2, 0.25) is 0 Å². The van der Waals surface area contributed by atoms with Crippen LogP contribution in [0.3, 0.4) is 0 Å². The maximum atomic E-state index is 5.94. The van der Waals surface area contributed by atoms with Gasteiger partial charge in [-0.25, -0.2) is 4.98 Å². The highest BCUT2D eigenvalue weighted by atomic mass is 16.5. The Balaban J connectivity index is 1.66. The molecular formula is C15H20N4O. The van der Waals surface area contributed by atoms with Crippen LogP contribution in [-0.2, 0) is 18.4 Å². The van der Waals surface area contributed by atoms with Crippen molar-refractivity contribution in [2.24, 2.45) is 7.05 Å². The molecule has 0 radical (unpaired) electrons. The van der Waals surface area contributed by atoms with E-state index in [1.807, 2.05) is 42.1 Å². The second kappa shape index (κ2) is 6.15. The Bertz CT molecular complexity index is 546. The highest BCUT2D eigenvalue weighted by Crippen LogP contribution is 2.16. The number of ether oxygens (including phenoxy) is 1. The van der Waals surface area contributed by atoms with Crippen LogP contribution in [0.1, 0.15) is 18.7 Å². The van der Waals surface area contributed by atoms with Crippen LogP contribution in [0.25, 0.3) is 11.4 Å². The van der Waals surface area contributed by atoms with Crippen LogP contribution >= 0.6 is 0 Å². The molecule has 1 aromatic heterocycles. The predicted molar refractivity (Wildman–Crippen MR) is 77.1 cm³/mol. The van der Waals surface area contributed by atoms with Crippen molar-refractivity contribution in [3.63, 3.8) is 0 Å². The van der Waals surface area contributed by atoms with Crippen molar-refractivity contribution in [2.45, 2.75) is 25.6 Å². The number of piperidine rings is 1. The molecule has 2 heterocycles. The minimum absolute atomic E-state index is 0.341. The summed E-state index contributed by atoms with van der Waals surface area (Å²) in [6, 6.07) is 10.0. The molecule has 2 aromatic rings. The smallest absolute Gasteiger partial charge is 0.181 e. The maximum Gasteiger partial charge on any atom is 0.181 e. The average Bonchev–Trinajstić information content (AvgIpc) is 2.88. The molecule has 1 fully saturated rings. The molecule has 1 N–H and O–H groups in total. The Hall–Kier alpha value is -1.72. The number of benzene rings is 1. The van der Waals surface area contributed by atoms with Gasteiger partial charge in [-0.15, -0.1) is 0 Å². The topological polar surface area (TPSA) is 52.0 Å². The van der Waals surface area contributed by atoms with Crippen molar-refractivity contribution >= 4 is 0 Å². The molecule has 5 nitrogen and oxygen atoms in total. The monoisotopic (exact) mass is 272 g/mol. The van der Waals surface area contributed by atoms with E-state index >= 15 is 0 Å². The minimum Gasteiger partial charge on any atom is -0.370 e. The molecule has 0 amide bonds.